The van der Waals surface area contributed by atoms with Crippen molar-refractivity contribution in [1.82, 2.24) is 0 Å². The highest BCUT2D eigenvalue weighted by Gasteiger charge is 2.09. The van der Waals surface area contributed by atoms with Gasteiger partial charge in [0.15, 0.2) is 0 Å². The van der Waals surface area contributed by atoms with Gasteiger partial charge in [-0.15, -0.1) is 0 Å². The van der Waals surface area contributed by atoms with Crippen LogP contribution in [0, 0.1) is 5.92 Å². The van der Waals surface area contributed by atoms with E-state index in [9.17, 15) is 13.0 Å². The van der Waals surface area contributed by atoms with E-state index in [1.54, 1.807) is 0 Å². The van der Waals surface area contributed by atoms with Gasteiger partial charge in [0.2, 0.25) is 0 Å². The van der Waals surface area contributed by atoms with E-state index in [0.717, 1.165) is 19.3 Å². The average molecular weight is 193 g/mol. The van der Waals surface area contributed by atoms with Crippen molar-refractivity contribution in [3.05, 3.63) is 0 Å². The minimum atomic E-state index is -3.99. The van der Waals surface area contributed by atoms with E-state index in [1.165, 1.54) is 0 Å². The van der Waals surface area contributed by atoms with Crippen LogP contribution in [0.1, 0.15) is 39.5 Å². The van der Waals surface area contributed by atoms with Crippen LogP contribution in [0.15, 0.2) is 0 Å². The first kappa shape index (κ1) is 11.9. The van der Waals surface area contributed by atoms with Crippen molar-refractivity contribution in [2.75, 3.05) is 5.75 Å². The molecule has 1 unspecified atom stereocenters. The summed E-state index contributed by atoms with van der Waals surface area (Å²) in [4.78, 5) is 0. The maximum absolute atomic E-state index is 10.3. The molecule has 0 heterocycles. The molecule has 0 saturated carbocycles. The Labute approximate surface area is 74.9 Å². The van der Waals surface area contributed by atoms with E-state index < -0.39 is 10.1 Å². The maximum atomic E-state index is 10.3. The van der Waals surface area contributed by atoms with Gasteiger partial charge in [0, 0.05) is 0 Å². The van der Waals surface area contributed by atoms with Gasteiger partial charge in [-0.2, -0.15) is 8.42 Å². The van der Waals surface area contributed by atoms with E-state index in [4.69, 9.17) is 0 Å². The molecule has 1 radical (unpaired) electrons. The molecule has 0 spiro atoms. The molecule has 0 aliphatic heterocycles. The summed E-state index contributed by atoms with van der Waals surface area (Å²) in [6, 6.07) is 0. The second-order valence-corrected chi connectivity index (χ2v) is 4.82. The quantitative estimate of drug-likeness (QED) is 0.647. The molecule has 0 N–H and O–H groups in total. The summed E-state index contributed by atoms with van der Waals surface area (Å²) in [5.41, 5.74) is 0. The Hall–Kier alpha value is -0.0900. The molecule has 0 aliphatic rings. The third-order valence-corrected chi connectivity index (χ3v) is 2.65. The standard InChI is InChI=1S/C8H17O3S/c1-3-4-5-8(2)6-7-12(9,10)11/h8H,3-7H2,1-2H3. The smallest absolute Gasteiger partial charge is 0.197 e. The van der Waals surface area contributed by atoms with Crippen molar-refractivity contribution < 1.29 is 13.0 Å². The minimum Gasteiger partial charge on any atom is -0.197 e. The highest BCUT2D eigenvalue weighted by atomic mass is 32.2. The zero-order valence-electron chi connectivity index (χ0n) is 7.75. The van der Waals surface area contributed by atoms with Gasteiger partial charge >= 0.3 is 0 Å². The van der Waals surface area contributed by atoms with Crippen LogP contribution in [-0.2, 0) is 14.7 Å². The Morgan fingerprint density at radius 1 is 1.25 bits per heavy atom. The van der Waals surface area contributed by atoms with E-state index in [-0.39, 0.29) is 5.75 Å². The molecule has 0 fully saturated rings. The van der Waals surface area contributed by atoms with Crippen molar-refractivity contribution in [2.45, 2.75) is 39.5 Å². The first-order chi connectivity index (χ1) is 5.45. The Bertz CT molecular complexity index is 196. The van der Waals surface area contributed by atoms with Crippen molar-refractivity contribution in [1.29, 1.82) is 0 Å². The van der Waals surface area contributed by atoms with Crippen LogP contribution in [0.5, 0.6) is 0 Å². The number of rotatable bonds is 6. The van der Waals surface area contributed by atoms with Crippen molar-refractivity contribution >= 4 is 10.1 Å². The maximum Gasteiger partial charge on any atom is 0.294 e. The van der Waals surface area contributed by atoms with Crippen LogP contribution in [0.3, 0.4) is 0 Å². The number of unbranched alkanes of at least 4 members (excludes halogenated alkanes) is 1. The van der Waals surface area contributed by atoms with Crippen LogP contribution in [0.2, 0.25) is 0 Å². The fourth-order valence-corrected chi connectivity index (χ4v) is 1.73. The summed E-state index contributed by atoms with van der Waals surface area (Å²) >= 11 is 0. The molecule has 1 atom stereocenters. The topological polar surface area (TPSA) is 54.0 Å². The lowest BCUT2D eigenvalue weighted by Crippen LogP contribution is -2.06. The SMILES string of the molecule is CCCCC(C)CCS([O])(=O)=O. The lowest BCUT2D eigenvalue weighted by molar-refractivity contribution is 0.404. The zero-order valence-corrected chi connectivity index (χ0v) is 8.56. The van der Waals surface area contributed by atoms with Crippen molar-refractivity contribution in [2.24, 2.45) is 5.92 Å². The molecule has 0 aromatic rings. The predicted octanol–water partition coefficient (Wildman–Crippen LogP) is 1.96. The molecule has 0 aliphatic carbocycles. The molecule has 0 amide bonds. The van der Waals surface area contributed by atoms with E-state index in [2.05, 4.69) is 6.92 Å². The first-order valence-corrected chi connectivity index (χ1v) is 5.97. The summed E-state index contributed by atoms with van der Waals surface area (Å²) in [7, 11) is -3.99. The van der Waals surface area contributed by atoms with Crippen LogP contribution in [0.25, 0.3) is 0 Å². The van der Waals surface area contributed by atoms with Gasteiger partial charge in [-0.1, -0.05) is 37.7 Å². The summed E-state index contributed by atoms with van der Waals surface area (Å²) < 4.78 is 30.8. The second-order valence-electron chi connectivity index (χ2n) is 3.30. The van der Waals surface area contributed by atoms with Crippen LogP contribution in [-0.4, -0.2) is 14.2 Å². The minimum absolute atomic E-state index is 0.210. The highest BCUT2D eigenvalue weighted by Crippen LogP contribution is 2.12. The van der Waals surface area contributed by atoms with Gasteiger partial charge in [0.05, 0.1) is 5.75 Å². The largest absolute Gasteiger partial charge is 0.294 e. The molecular formula is C8H17O3S. The van der Waals surface area contributed by atoms with E-state index in [0.29, 0.717) is 12.3 Å². The van der Waals surface area contributed by atoms with Gasteiger partial charge < -0.3 is 0 Å². The molecule has 12 heavy (non-hydrogen) atoms. The fourth-order valence-electron chi connectivity index (χ4n) is 1.04. The van der Waals surface area contributed by atoms with Gasteiger partial charge in [0.25, 0.3) is 10.1 Å². The molecule has 73 valence electrons. The normalized spacial score (nSPS) is 14.6. The Kier molecular flexibility index (Phi) is 5.50. The molecule has 0 rings (SSSR count). The third-order valence-electron chi connectivity index (χ3n) is 1.91. The Balaban J connectivity index is 3.51. The summed E-state index contributed by atoms with van der Waals surface area (Å²) in [5, 5.41) is 0. The molecule has 4 heteroatoms. The van der Waals surface area contributed by atoms with Crippen molar-refractivity contribution in [3.63, 3.8) is 0 Å². The van der Waals surface area contributed by atoms with Crippen LogP contribution >= 0.6 is 0 Å². The summed E-state index contributed by atoms with van der Waals surface area (Å²) in [6.45, 7) is 4.08. The van der Waals surface area contributed by atoms with Crippen LogP contribution in [0.4, 0.5) is 0 Å². The molecule has 0 aromatic heterocycles. The zero-order chi connectivity index (χ0) is 9.61. The van der Waals surface area contributed by atoms with Gasteiger partial charge in [-0.3, -0.25) is 0 Å². The first-order valence-electron chi connectivity index (χ1n) is 4.39. The van der Waals surface area contributed by atoms with E-state index in [1.807, 2.05) is 6.92 Å². The third kappa shape index (κ3) is 8.01. The average Bonchev–Trinajstić information content (AvgIpc) is 1.95. The van der Waals surface area contributed by atoms with E-state index >= 15 is 0 Å². The molecule has 0 saturated heterocycles. The lowest BCUT2D eigenvalue weighted by Gasteiger charge is -2.07. The Morgan fingerprint density at radius 2 is 1.83 bits per heavy atom. The molecule has 3 nitrogen and oxygen atoms in total. The number of hydrogen-bond acceptors (Lipinski definition) is 2. The monoisotopic (exact) mass is 193 g/mol. The summed E-state index contributed by atoms with van der Waals surface area (Å²) in [6.07, 6.45) is 3.76. The Morgan fingerprint density at radius 3 is 2.25 bits per heavy atom. The van der Waals surface area contributed by atoms with Gasteiger partial charge in [-0.25, -0.2) is 0 Å². The van der Waals surface area contributed by atoms with Crippen molar-refractivity contribution in [3.8, 4) is 0 Å². The summed E-state index contributed by atoms with van der Waals surface area (Å²) in [5.74, 6) is 0.145. The second kappa shape index (κ2) is 5.54. The fraction of sp³-hybridized carbons (Fsp3) is 1.00. The van der Waals surface area contributed by atoms with Gasteiger partial charge in [-0.05, 0) is 12.3 Å². The van der Waals surface area contributed by atoms with Gasteiger partial charge in [0.1, 0.15) is 0 Å². The lowest BCUT2D eigenvalue weighted by atomic mass is 10.0. The molecule has 0 bridgehead atoms. The highest BCUT2D eigenvalue weighted by molar-refractivity contribution is 7.85. The predicted molar refractivity (Wildman–Crippen MR) is 47.8 cm³/mol. The number of hydrogen-bond donors (Lipinski definition) is 0. The molecule has 0 aromatic carbocycles. The van der Waals surface area contributed by atoms with Crippen LogP contribution < -0.4 is 0 Å². The molecular weight excluding hydrogens is 176 g/mol.